The van der Waals surface area contributed by atoms with Gasteiger partial charge in [0.05, 0.1) is 30.7 Å². The molecule has 132 valence electrons. The van der Waals surface area contributed by atoms with Crippen molar-refractivity contribution in [3.8, 4) is 5.75 Å². The molecule has 0 radical (unpaired) electrons. The van der Waals surface area contributed by atoms with Gasteiger partial charge in [-0.25, -0.2) is 5.43 Å². The standard InChI is InChI=1S/C17H19N3O4S/c1-24-13-6-4-12(5-7-13)18-11-16(21)20-19-14(8-9-17(22)23)15-3-2-10-25-15/h2-7,10,18H,8-9,11H2,1H3,(H,20,21)(H,22,23)/b19-14-. The van der Waals surface area contributed by atoms with E-state index in [1.54, 1.807) is 31.4 Å². The molecule has 0 saturated carbocycles. The lowest BCUT2D eigenvalue weighted by atomic mass is 10.2. The van der Waals surface area contributed by atoms with Gasteiger partial charge in [0, 0.05) is 12.1 Å². The molecule has 0 unspecified atom stereocenters. The molecule has 0 fully saturated rings. The lowest BCUT2D eigenvalue weighted by Crippen LogP contribution is -2.27. The number of benzene rings is 1. The molecule has 0 saturated heterocycles. The molecule has 0 aliphatic rings. The number of nitrogens with zero attached hydrogens (tertiary/aromatic N) is 1. The SMILES string of the molecule is COc1ccc(NCC(=O)N/N=C(/CCC(=O)O)c2cccs2)cc1. The average Bonchev–Trinajstić information content (AvgIpc) is 3.14. The number of carboxylic acids is 1. The van der Waals surface area contributed by atoms with Crippen molar-refractivity contribution in [1.29, 1.82) is 0 Å². The molecule has 0 bridgehead atoms. The highest BCUT2D eigenvalue weighted by Crippen LogP contribution is 2.15. The van der Waals surface area contributed by atoms with E-state index in [2.05, 4.69) is 15.8 Å². The maximum atomic E-state index is 11.9. The summed E-state index contributed by atoms with van der Waals surface area (Å²) >= 11 is 1.45. The molecule has 1 amide bonds. The molecule has 2 aromatic rings. The lowest BCUT2D eigenvalue weighted by molar-refractivity contribution is -0.136. The second-order valence-corrected chi connectivity index (χ2v) is 5.99. The molecule has 0 aliphatic heterocycles. The van der Waals surface area contributed by atoms with Crippen LogP contribution in [0.15, 0.2) is 46.9 Å². The summed E-state index contributed by atoms with van der Waals surface area (Å²) in [6.45, 7) is 0.0481. The summed E-state index contributed by atoms with van der Waals surface area (Å²) < 4.78 is 5.07. The Hall–Kier alpha value is -2.87. The number of anilines is 1. The van der Waals surface area contributed by atoms with Crippen LogP contribution < -0.4 is 15.5 Å². The minimum absolute atomic E-state index is 0.0449. The zero-order valence-electron chi connectivity index (χ0n) is 13.7. The molecule has 1 heterocycles. The molecule has 7 nitrogen and oxygen atoms in total. The number of rotatable bonds is 9. The number of nitrogens with one attached hydrogen (secondary N) is 2. The summed E-state index contributed by atoms with van der Waals surface area (Å²) in [4.78, 5) is 23.5. The van der Waals surface area contributed by atoms with E-state index in [-0.39, 0.29) is 25.3 Å². The number of methoxy groups -OCH3 is 1. The van der Waals surface area contributed by atoms with Gasteiger partial charge in [0.25, 0.3) is 5.91 Å². The number of amides is 1. The van der Waals surface area contributed by atoms with Crippen LogP contribution >= 0.6 is 11.3 Å². The van der Waals surface area contributed by atoms with E-state index in [1.807, 2.05) is 17.5 Å². The summed E-state index contributed by atoms with van der Waals surface area (Å²) in [6, 6.07) is 10.9. The van der Waals surface area contributed by atoms with Gasteiger partial charge in [-0.15, -0.1) is 11.3 Å². The highest BCUT2D eigenvalue weighted by atomic mass is 32.1. The Kier molecular flexibility index (Phi) is 6.97. The molecular weight excluding hydrogens is 342 g/mol. The van der Waals surface area contributed by atoms with Crippen LogP contribution in [-0.4, -0.2) is 36.3 Å². The Morgan fingerprint density at radius 2 is 1.96 bits per heavy atom. The van der Waals surface area contributed by atoms with Gasteiger partial charge >= 0.3 is 5.97 Å². The predicted octanol–water partition coefficient (Wildman–Crippen LogP) is 2.55. The van der Waals surface area contributed by atoms with Crippen LogP contribution in [0.5, 0.6) is 5.75 Å². The van der Waals surface area contributed by atoms with Crippen LogP contribution in [0.1, 0.15) is 17.7 Å². The van der Waals surface area contributed by atoms with E-state index in [9.17, 15) is 9.59 Å². The van der Waals surface area contributed by atoms with Crippen molar-refractivity contribution in [3.63, 3.8) is 0 Å². The molecule has 1 aromatic heterocycles. The molecule has 1 aromatic carbocycles. The van der Waals surface area contributed by atoms with Gasteiger partial charge in [-0.05, 0) is 35.7 Å². The van der Waals surface area contributed by atoms with Crippen molar-refractivity contribution in [1.82, 2.24) is 5.43 Å². The van der Waals surface area contributed by atoms with E-state index in [1.165, 1.54) is 11.3 Å². The number of aliphatic carboxylic acids is 1. The van der Waals surface area contributed by atoms with E-state index < -0.39 is 5.97 Å². The van der Waals surface area contributed by atoms with E-state index in [4.69, 9.17) is 9.84 Å². The lowest BCUT2D eigenvalue weighted by Gasteiger charge is -2.07. The van der Waals surface area contributed by atoms with Gasteiger partial charge < -0.3 is 15.2 Å². The molecule has 0 spiro atoms. The molecule has 0 atom stereocenters. The van der Waals surface area contributed by atoms with Crippen molar-refractivity contribution in [2.24, 2.45) is 5.10 Å². The van der Waals surface area contributed by atoms with Crippen LogP contribution in [0.4, 0.5) is 5.69 Å². The summed E-state index contributed by atoms with van der Waals surface area (Å²) in [6.07, 6.45) is 0.207. The minimum Gasteiger partial charge on any atom is -0.497 e. The Morgan fingerprint density at radius 3 is 2.56 bits per heavy atom. The largest absolute Gasteiger partial charge is 0.497 e. The van der Waals surface area contributed by atoms with Crippen molar-refractivity contribution < 1.29 is 19.4 Å². The average molecular weight is 361 g/mol. The first kappa shape index (κ1) is 18.5. The van der Waals surface area contributed by atoms with Gasteiger partial charge in [-0.2, -0.15) is 5.10 Å². The maximum Gasteiger partial charge on any atom is 0.303 e. The Morgan fingerprint density at radius 1 is 1.20 bits per heavy atom. The van der Waals surface area contributed by atoms with E-state index in [0.717, 1.165) is 16.3 Å². The third kappa shape index (κ3) is 6.27. The molecule has 8 heteroatoms. The summed E-state index contributed by atoms with van der Waals surface area (Å²) in [5.74, 6) is -0.490. The number of carbonyl (C=O) groups excluding carboxylic acids is 1. The van der Waals surface area contributed by atoms with Gasteiger partial charge in [0.15, 0.2) is 0 Å². The Bertz CT molecular complexity index is 727. The fourth-order valence-electron chi connectivity index (χ4n) is 1.96. The first-order valence-corrected chi connectivity index (χ1v) is 8.45. The van der Waals surface area contributed by atoms with Crippen LogP contribution in [0.25, 0.3) is 0 Å². The van der Waals surface area contributed by atoms with Crippen LogP contribution in [0, 0.1) is 0 Å². The van der Waals surface area contributed by atoms with Crippen LogP contribution in [0.3, 0.4) is 0 Å². The molecule has 0 aliphatic carbocycles. The second-order valence-electron chi connectivity index (χ2n) is 5.05. The first-order valence-electron chi connectivity index (χ1n) is 7.57. The topological polar surface area (TPSA) is 100 Å². The zero-order valence-corrected chi connectivity index (χ0v) is 14.5. The predicted molar refractivity (Wildman–Crippen MR) is 97.4 cm³/mol. The van der Waals surface area contributed by atoms with Crippen molar-refractivity contribution in [3.05, 3.63) is 46.7 Å². The molecular formula is C17H19N3O4S. The Balaban J connectivity index is 1.89. The van der Waals surface area contributed by atoms with Crippen molar-refractivity contribution in [2.75, 3.05) is 19.0 Å². The quantitative estimate of drug-likeness (QED) is 0.471. The zero-order chi connectivity index (χ0) is 18.1. The summed E-state index contributed by atoms with van der Waals surface area (Å²) in [5.41, 5.74) is 3.80. The normalized spacial score (nSPS) is 11.0. The number of carboxylic acid groups (broad SMARTS) is 1. The summed E-state index contributed by atoms with van der Waals surface area (Å²) in [5, 5.41) is 17.8. The summed E-state index contributed by atoms with van der Waals surface area (Å²) in [7, 11) is 1.59. The van der Waals surface area contributed by atoms with Gasteiger partial charge in [-0.1, -0.05) is 6.07 Å². The smallest absolute Gasteiger partial charge is 0.303 e. The number of hydrogen-bond donors (Lipinski definition) is 3. The van der Waals surface area contributed by atoms with Crippen molar-refractivity contribution >= 4 is 34.6 Å². The van der Waals surface area contributed by atoms with Crippen LogP contribution in [-0.2, 0) is 9.59 Å². The first-order chi connectivity index (χ1) is 12.1. The Labute approximate surface area is 149 Å². The monoisotopic (exact) mass is 361 g/mol. The highest BCUT2D eigenvalue weighted by molar-refractivity contribution is 7.12. The number of ether oxygens (including phenoxy) is 1. The number of hydrazone groups is 1. The third-order valence-corrected chi connectivity index (χ3v) is 4.16. The van der Waals surface area contributed by atoms with Crippen LogP contribution in [0.2, 0.25) is 0 Å². The third-order valence-electron chi connectivity index (χ3n) is 3.24. The van der Waals surface area contributed by atoms with E-state index >= 15 is 0 Å². The maximum absolute atomic E-state index is 11.9. The molecule has 2 rings (SSSR count). The van der Waals surface area contributed by atoms with Gasteiger partial charge in [-0.3, -0.25) is 9.59 Å². The fourth-order valence-corrected chi connectivity index (χ4v) is 2.71. The number of thiophene rings is 1. The minimum atomic E-state index is -0.906. The number of hydrogen-bond acceptors (Lipinski definition) is 6. The highest BCUT2D eigenvalue weighted by Gasteiger charge is 2.09. The second kappa shape index (κ2) is 9.43. The molecule has 25 heavy (non-hydrogen) atoms. The van der Waals surface area contributed by atoms with Gasteiger partial charge in [0.1, 0.15) is 5.75 Å². The fraction of sp³-hybridized carbons (Fsp3) is 0.235. The van der Waals surface area contributed by atoms with Crippen molar-refractivity contribution in [2.45, 2.75) is 12.8 Å². The van der Waals surface area contributed by atoms with Gasteiger partial charge in [0.2, 0.25) is 0 Å². The van der Waals surface area contributed by atoms with E-state index in [0.29, 0.717) is 5.71 Å². The number of carbonyl (C=O) groups is 2. The molecule has 3 N–H and O–H groups in total.